The lowest BCUT2D eigenvalue weighted by Crippen LogP contribution is -2.13. The Morgan fingerprint density at radius 1 is 0.828 bits per heavy atom. The Morgan fingerprint density at radius 3 is 2.03 bits per heavy atom. The molecule has 0 unspecified atom stereocenters. The third-order valence-electron chi connectivity index (χ3n) is 6.33. The summed E-state index contributed by atoms with van der Waals surface area (Å²) in [6, 6.07) is 17.0. The van der Waals surface area contributed by atoms with Crippen molar-refractivity contribution in [3.8, 4) is 16.9 Å². The Kier molecular flexibility index (Phi) is 8.34. The largest absolute Gasteiger partial charge is 0.427 e. The van der Waals surface area contributed by atoms with Crippen molar-refractivity contribution in [2.75, 3.05) is 0 Å². The van der Waals surface area contributed by atoms with Gasteiger partial charge in [0.05, 0.1) is 0 Å². The van der Waals surface area contributed by atoms with Crippen LogP contribution in [0.25, 0.3) is 11.1 Å². The number of esters is 1. The van der Waals surface area contributed by atoms with E-state index in [-0.39, 0.29) is 5.97 Å². The van der Waals surface area contributed by atoms with Gasteiger partial charge in [0.25, 0.3) is 0 Å². The quantitative estimate of drug-likeness (QED) is 0.246. The smallest absolute Gasteiger partial charge is 0.311 e. The van der Waals surface area contributed by atoms with Crippen molar-refractivity contribution >= 4 is 5.97 Å². The number of hydrogen-bond donors (Lipinski definition) is 0. The Balaban J connectivity index is 1.54. The lowest BCUT2D eigenvalue weighted by atomic mass is 9.77. The molecule has 0 heterocycles. The van der Waals surface area contributed by atoms with Crippen molar-refractivity contribution in [1.29, 1.82) is 0 Å². The highest BCUT2D eigenvalue weighted by Crippen LogP contribution is 2.38. The van der Waals surface area contributed by atoms with Crippen molar-refractivity contribution in [3.05, 3.63) is 54.1 Å². The first-order chi connectivity index (χ1) is 14.2. The molecule has 0 atom stereocenters. The predicted octanol–water partition coefficient (Wildman–Crippen LogP) is 7.91. The van der Waals surface area contributed by atoms with Crippen LogP contribution in [0.1, 0.15) is 89.5 Å². The van der Waals surface area contributed by atoms with Gasteiger partial charge in [0.2, 0.25) is 0 Å². The monoisotopic (exact) mass is 392 g/mol. The summed E-state index contributed by atoms with van der Waals surface area (Å²) in [5.41, 5.74) is 3.87. The van der Waals surface area contributed by atoms with Gasteiger partial charge in [0.15, 0.2) is 0 Å². The Bertz CT molecular complexity index is 737. The van der Waals surface area contributed by atoms with E-state index in [0.29, 0.717) is 12.2 Å². The van der Waals surface area contributed by atoms with Crippen LogP contribution >= 0.6 is 0 Å². The summed E-state index contributed by atoms with van der Waals surface area (Å²) in [6.45, 7) is 4.43. The average molecular weight is 393 g/mol. The molecular formula is C27H36O2. The molecule has 2 nitrogen and oxygen atoms in total. The summed E-state index contributed by atoms with van der Waals surface area (Å²) in [6.07, 6.45) is 11.8. The number of rotatable bonds is 9. The highest BCUT2D eigenvalue weighted by molar-refractivity contribution is 5.73. The lowest BCUT2D eigenvalue weighted by Gasteiger charge is -2.28. The number of hydrogen-bond acceptors (Lipinski definition) is 2. The van der Waals surface area contributed by atoms with Crippen molar-refractivity contribution in [2.45, 2.75) is 84.0 Å². The van der Waals surface area contributed by atoms with Crippen LogP contribution < -0.4 is 4.74 Å². The molecular weight excluding hydrogens is 356 g/mol. The van der Waals surface area contributed by atoms with Crippen molar-refractivity contribution < 1.29 is 9.53 Å². The van der Waals surface area contributed by atoms with Crippen LogP contribution in [0.3, 0.4) is 0 Å². The van der Waals surface area contributed by atoms with Gasteiger partial charge in [-0.1, -0.05) is 75.9 Å². The minimum atomic E-state index is -0.135. The zero-order valence-corrected chi connectivity index (χ0v) is 18.2. The first kappa shape index (κ1) is 21.6. The SMILES string of the molecule is CCCCCC(=O)Oc1ccc(-c2ccc(C3CCC(CCC)CC3)cc2)cc1. The molecule has 0 radical (unpaired) electrons. The highest BCUT2D eigenvalue weighted by atomic mass is 16.5. The Morgan fingerprint density at radius 2 is 1.45 bits per heavy atom. The van der Waals surface area contributed by atoms with Crippen LogP contribution in [0.5, 0.6) is 5.75 Å². The van der Waals surface area contributed by atoms with Crippen LogP contribution in [-0.2, 0) is 4.79 Å². The molecule has 0 saturated heterocycles. The number of carbonyl (C=O) groups is 1. The maximum Gasteiger partial charge on any atom is 0.311 e. The third kappa shape index (κ3) is 6.45. The summed E-state index contributed by atoms with van der Waals surface area (Å²) in [7, 11) is 0. The van der Waals surface area contributed by atoms with Gasteiger partial charge in [-0.25, -0.2) is 0 Å². The second-order valence-electron chi connectivity index (χ2n) is 8.58. The Labute approximate surface area is 176 Å². The molecule has 0 bridgehead atoms. The molecule has 29 heavy (non-hydrogen) atoms. The van der Waals surface area contributed by atoms with Crippen LogP contribution in [0, 0.1) is 5.92 Å². The molecule has 0 aliphatic heterocycles. The van der Waals surface area contributed by atoms with Gasteiger partial charge in [-0.3, -0.25) is 4.79 Å². The van der Waals surface area contributed by atoms with E-state index in [9.17, 15) is 4.79 Å². The van der Waals surface area contributed by atoms with Crippen molar-refractivity contribution in [2.24, 2.45) is 5.92 Å². The van der Waals surface area contributed by atoms with E-state index < -0.39 is 0 Å². The minimum absolute atomic E-state index is 0.135. The van der Waals surface area contributed by atoms with Crippen LogP contribution in [0.15, 0.2) is 48.5 Å². The van der Waals surface area contributed by atoms with Gasteiger partial charge in [-0.2, -0.15) is 0 Å². The van der Waals surface area contributed by atoms with E-state index in [1.165, 1.54) is 49.7 Å². The molecule has 1 aliphatic rings. The summed E-state index contributed by atoms with van der Waals surface area (Å²) in [4.78, 5) is 11.9. The van der Waals surface area contributed by atoms with Crippen molar-refractivity contribution in [1.82, 2.24) is 0 Å². The van der Waals surface area contributed by atoms with Crippen LogP contribution in [0.4, 0.5) is 0 Å². The Hall–Kier alpha value is -2.09. The first-order valence-corrected chi connectivity index (χ1v) is 11.6. The second kappa shape index (κ2) is 11.2. The first-order valence-electron chi connectivity index (χ1n) is 11.6. The predicted molar refractivity (Wildman–Crippen MR) is 121 cm³/mol. The molecule has 2 aromatic carbocycles. The van der Waals surface area contributed by atoms with Crippen molar-refractivity contribution in [3.63, 3.8) is 0 Å². The standard InChI is InChI=1S/C27H36O2/c1-3-5-6-8-27(28)29-26-19-17-25(18-20-26)24-15-13-23(14-16-24)22-11-9-21(7-4-2)10-12-22/h13-22H,3-12H2,1-2H3. The van der Waals surface area contributed by atoms with Gasteiger partial charge in [-0.05, 0) is 72.8 Å². The van der Waals surface area contributed by atoms with E-state index in [4.69, 9.17) is 4.74 Å². The molecule has 1 aliphatic carbocycles. The summed E-state index contributed by atoms with van der Waals surface area (Å²) < 4.78 is 5.44. The molecule has 156 valence electrons. The molecule has 2 aromatic rings. The average Bonchev–Trinajstić information content (AvgIpc) is 2.75. The molecule has 0 aromatic heterocycles. The third-order valence-corrected chi connectivity index (χ3v) is 6.33. The summed E-state index contributed by atoms with van der Waals surface area (Å²) >= 11 is 0. The number of benzene rings is 2. The lowest BCUT2D eigenvalue weighted by molar-refractivity contribution is -0.134. The maximum absolute atomic E-state index is 11.9. The van der Waals surface area contributed by atoms with Gasteiger partial charge in [0, 0.05) is 6.42 Å². The number of ether oxygens (including phenoxy) is 1. The molecule has 1 saturated carbocycles. The van der Waals surface area contributed by atoms with Gasteiger partial charge in [-0.15, -0.1) is 0 Å². The summed E-state index contributed by atoms with van der Waals surface area (Å²) in [5.74, 6) is 2.18. The van der Waals surface area contributed by atoms with E-state index in [1.54, 1.807) is 0 Å². The highest BCUT2D eigenvalue weighted by Gasteiger charge is 2.21. The van der Waals surface area contributed by atoms with Gasteiger partial charge in [0.1, 0.15) is 5.75 Å². The van der Waals surface area contributed by atoms with Gasteiger partial charge < -0.3 is 4.74 Å². The molecule has 0 N–H and O–H groups in total. The fourth-order valence-electron chi connectivity index (χ4n) is 4.56. The van der Waals surface area contributed by atoms with Crippen LogP contribution in [0.2, 0.25) is 0 Å². The maximum atomic E-state index is 11.9. The molecule has 0 spiro atoms. The number of carbonyl (C=O) groups excluding carboxylic acids is 1. The minimum Gasteiger partial charge on any atom is -0.427 e. The second-order valence-corrected chi connectivity index (χ2v) is 8.58. The van der Waals surface area contributed by atoms with E-state index in [2.05, 4.69) is 38.1 Å². The zero-order valence-electron chi connectivity index (χ0n) is 18.2. The molecule has 2 heteroatoms. The van der Waals surface area contributed by atoms with Crippen LogP contribution in [-0.4, -0.2) is 5.97 Å². The van der Waals surface area contributed by atoms with E-state index in [0.717, 1.165) is 36.7 Å². The number of unbranched alkanes of at least 4 members (excludes halogenated alkanes) is 2. The van der Waals surface area contributed by atoms with E-state index >= 15 is 0 Å². The normalized spacial score (nSPS) is 19.1. The molecule has 1 fully saturated rings. The van der Waals surface area contributed by atoms with E-state index in [1.807, 2.05) is 24.3 Å². The molecule has 0 amide bonds. The summed E-state index contributed by atoms with van der Waals surface area (Å²) in [5, 5.41) is 0. The fraction of sp³-hybridized carbons (Fsp3) is 0.519. The van der Waals surface area contributed by atoms with Gasteiger partial charge >= 0.3 is 5.97 Å². The zero-order chi connectivity index (χ0) is 20.5. The topological polar surface area (TPSA) is 26.3 Å². The molecule has 3 rings (SSSR count). The fourth-order valence-corrected chi connectivity index (χ4v) is 4.56.